The van der Waals surface area contributed by atoms with Crippen molar-refractivity contribution in [1.29, 1.82) is 0 Å². The van der Waals surface area contributed by atoms with Crippen molar-refractivity contribution in [3.8, 4) is 72.4 Å². The molecule has 0 saturated carbocycles. The number of benzene rings is 10. The van der Waals surface area contributed by atoms with Crippen molar-refractivity contribution in [3.05, 3.63) is 236 Å². The summed E-state index contributed by atoms with van der Waals surface area (Å²) >= 11 is 0. The molecule has 0 unspecified atom stereocenters. The molecule has 11 aromatic rings. The van der Waals surface area contributed by atoms with Gasteiger partial charge in [-0.05, 0) is 124 Å². The third-order valence-electron chi connectivity index (χ3n) is 13.5. The summed E-state index contributed by atoms with van der Waals surface area (Å²) in [6, 6.07) is 80.5. The number of rotatable bonds is 6. The third kappa shape index (κ3) is 5.85. The lowest BCUT2D eigenvalue weighted by Crippen LogP contribution is -2.15. The van der Waals surface area contributed by atoms with Gasteiger partial charge in [0.25, 0.3) is 0 Å². The highest BCUT2D eigenvalue weighted by Gasteiger charge is 2.36. The molecule has 1 nitrogen and oxygen atoms in total. The van der Waals surface area contributed by atoms with Gasteiger partial charge in [-0.25, -0.2) is 0 Å². The van der Waals surface area contributed by atoms with Crippen LogP contribution in [0.4, 0.5) is 0 Å². The van der Waals surface area contributed by atoms with Crippen molar-refractivity contribution in [2.75, 3.05) is 0 Å². The molecule has 0 bridgehead atoms. The summed E-state index contributed by atoms with van der Waals surface area (Å²) < 4.78 is 2.41. The number of nitrogens with zero attached hydrogens (tertiary/aromatic N) is 1. The minimum Gasteiger partial charge on any atom is -0.316 e. The number of fused-ring (bicyclic) bond motifs is 6. The molecule has 292 valence electrons. The van der Waals surface area contributed by atoms with E-state index in [4.69, 9.17) is 0 Å². The van der Waals surface area contributed by atoms with Crippen LogP contribution in [0.1, 0.15) is 25.0 Å². The van der Waals surface area contributed by atoms with Crippen LogP contribution < -0.4 is 0 Å². The van der Waals surface area contributed by atoms with Gasteiger partial charge in [-0.2, -0.15) is 0 Å². The predicted molar refractivity (Wildman–Crippen MR) is 263 cm³/mol. The largest absolute Gasteiger partial charge is 0.316 e. The van der Waals surface area contributed by atoms with Gasteiger partial charge >= 0.3 is 0 Å². The highest BCUT2D eigenvalue weighted by Crippen LogP contribution is 2.51. The van der Waals surface area contributed by atoms with Crippen LogP contribution >= 0.6 is 0 Å². The minimum absolute atomic E-state index is 0.153. The Bertz CT molecular complexity index is 3500. The summed E-state index contributed by atoms with van der Waals surface area (Å²) in [6.07, 6.45) is 2.36. The zero-order chi connectivity index (χ0) is 41.4. The van der Waals surface area contributed by atoms with Gasteiger partial charge in [0.05, 0.1) is 5.52 Å². The molecule has 0 spiro atoms. The first-order valence-electron chi connectivity index (χ1n) is 21.7. The van der Waals surface area contributed by atoms with E-state index in [1.165, 1.54) is 116 Å². The van der Waals surface area contributed by atoms with Crippen molar-refractivity contribution in [1.82, 2.24) is 4.57 Å². The van der Waals surface area contributed by atoms with Gasteiger partial charge in [0.1, 0.15) is 0 Å². The molecule has 0 radical (unpaired) electrons. The zero-order valence-electron chi connectivity index (χ0n) is 34.8. The maximum atomic E-state index is 2.43. The molecule has 0 aliphatic heterocycles. The third-order valence-corrected chi connectivity index (χ3v) is 13.5. The standard InChI is InChI=1S/C61H43N/c1-61(2)58-37-48(40-12-4-3-5-13-40)30-33-54(58)55-34-32-49(38-59(55)61)62-39-57(46-28-26-45(27-29-46)53-21-11-17-43-15-7-9-19-51(43)53)56-36-47(31-35-60(56)62)41-22-24-44(25-23-41)52-20-10-16-42-14-6-8-18-50(42)52/h3-39H,1-2H3. The van der Waals surface area contributed by atoms with E-state index >= 15 is 0 Å². The quantitative estimate of drug-likeness (QED) is 0.158. The van der Waals surface area contributed by atoms with Crippen molar-refractivity contribution in [2.24, 2.45) is 0 Å². The molecule has 1 heteroatoms. The van der Waals surface area contributed by atoms with Crippen molar-refractivity contribution in [3.63, 3.8) is 0 Å². The maximum absolute atomic E-state index is 2.43. The van der Waals surface area contributed by atoms with E-state index < -0.39 is 0 Å². The SMILES string of the molecule is CC1(C)c2cc(-c3ccccc3)ccc2-c2ccc(-n3cc(-c4ccc(-c5cccc6ccccc56)cc4)c4cc(-c5ccc(-c6cccc7ccccc67)cc5)ccc43)cc21. The Labute approximate surface area is 362 Å². The Morgan fingerprint density at radius 3 is 1.42 bits per heavy atom. The summed E-state index contributed by atoms with van der Waals surface area (Å²) in [5.74, 6) is 0. The lowest BCUT2D eigenvalue weighted by Gasteiger charge is -2.23. The highest BCUT2D eigenvalue weighted by atomic mass is 15.0. The second-order valence-corrected chi connectivity index (χ2v) is 17.3. The molecule has 62 heavy (non-hydrogen) atoms. The van der Waals surface area contributed by atoms with Crippen LogP contribution in [0.25, 0.3) is 105 Å². The predicted octanol–water partition coefficient (Wildman–Crippen LogP) is 16.6. The van der Waals surface area contributed by atoms with Crippen LogP contribution in [0, 0.1) is 0 Å². The van der Waals surface area contributed by atoms with E-state index in [1.54, 1.807) is 0 Å². The fourth-order valence-electron chi connectivity index (χ4n) is 10.2. The van der Waals surface area contributed by atoms with Crippen molar-refractivity contribution < 1.29 is 0 Å². The molecule has 0 N–H and O–H groups in total. The van der Waals surface area contributed by atoms with Crippen LogP contribution in [0.3, 0.4) is 0 Å². The summed E-state index contributed by atoms with van der Waals surface area (Å²) in [4.78, 5) is 0. The van der Waals surface area contributed by atoms with E-state index in [1.807, 2.05) is 0 Å². The average molecular weight is 790 g/mol. The van der Waals surface area contributed by atoms with Gasteiger partial charge in [0, 0.05) is 28.2 Å². The van der Waals surface area contributed by atoms with Crippen LogP contribution in [0.15, 0.2) is 225 Å². The van der Waals surface area contributed by atoms with E-state index in [9.17, 15) is 0 Å². The van der Waals surface area contributed by atoms with Crippen LogP contribution in [-0.2, 0) is 5.41 Å². The van der Waals surface area contributed by atoms with Gasteiger partial charge in [-0.1, -0.05) is 202 Å². The second kappa shape index (κ2) is 14.2. The highest BCUT2D eigenvalue weighted by molar-refractivity contribution is 6.02. The van der Waals surface area contributed by atoms with Gasteiger partial charge in [-0.3, -0.25) is 0 Å². The average Bonchev–Trinajstić information content (AvgIpc) is 3.82. The van der Waals surface area contributed by atoms with Crippen LogP contribution in [0.2, 0.25) is 0 Å². The normalized spacial score (nSPS) is 12.8. The Morgan fingerprint density at radius 1 is 0.306 bits per heavy atom. The molecule has 12 rings (SSSR count). The van der Waals surface area contributed by atoms with E-state index in [0.29, 0.717) is 0 Å². The molecule has 0 atom stereocenters. The number of hydrogen-bond donors (Lipinski definition) is 0. The molecule has 1 aliphatic rings. The molecule has 1 heterocycles. The van der Waals surface area contributed by atoms with E-state index in [0.717, 1.165) is 0 Å². The summed E-state index contributed by atoms with van der Waals surface area (Å²) in [5.41, 5.74) is 19.9. The number of aromatic nitrogens is 1. The molecule has 0 saturated heterocycles. The fourth-order valence-corrected chi connectivity index (χ4v) is 10.2. The fraction of sp³-hybridized carbons (Fsp3) is 0.0492. The van der Waals surface area contributed by atoms with Crippen molar-refractivity contribution in [2.45, 2.75) is 19.3 Å². The van der Waals surface area contributed by atoms with E-state index in [-0.39, 0.29) is 5.41 Å². The van der Waals surface area contributed by atoms with Gasteiger partial charge in [-0.15, -0.1) is 0 Å². The topological polar surface area (TPSA) is 4.93 Å². The summed E-state index contributed by atoms with van der Waals surface area (Å²) in [7, 11) is 0. The molecule has 0 fully saturated rings. The Morgan fingerprint density at radius 2 is 0.774 bits per heavy atom. The lowest BCUT2D eigenvalue weighted by molar-refractivity contribution is 0.660. The number of hydrogen-bond acceptors (Lipinski definition) is 0. The molecular weight excluding hydrogens is 747 g/mol. The second-order valence-electron chi connectivity index (χ2n) is 17.3. The van der Waals surface area contributed by atoms with Crippen molar-refractivity contribution >= 4 is 32.4 Å². The van der Waals surface area contributed by atoms with Gasteiger partial charge in [0.2, 0.25) is 0 Å². The zero-order valence-corrected chi connectivity index (χ0v) is 34.8. The molecular formula is C61H43N. The molecule has 0 amide bonds. The minimum atomic E-state index is -0.153. The Hall–Kier alpha value is -7.74. The first-order valence-corrected chi connectivity index (χ1v) is 21.7. The lowest BCUT2D eigenvalue weighted by atomic mass is 9.81. The molecule has 1 aromatic heterocycles. The van der Waals surface area contributed by atoms with Crippen LogP contribution in [-0.4, -0.2) is 4.57 Å². The Kier molecular flexibility index (Phi) is 8.27. The molecule has 1 aliphatic carbocycles. The van der Waals surface area contributed by atoms with Gasteiger partial charge < -0.3 is 4.57 Å². The molecule has 10 aromatic carbocycles. The van der Waals surface area contributed by atoms with Crippen LogP contribution in [0.5, 0.6) is 0 Å². The summed E-state index contributed by atoms with van der Waals surface area (Å²) in [6.45, 7) is 4.76. The monoisotopic (exact) mass is 789 g/mol. The van der Waals surface area contributed by atoms with Gasteiger partial charge in [0.15, 0.2) is 0 Å². The maximum Gasteiger partial charge on any atom is 0.0535 e. The summed E-state index contributed by atoms with van der Waals surface area (Å²) in [5, 5.41) is 6.29. The first kappa shape index (κ1) is 36.1. The Balaban J connectivity index is 0.971. The first-order chi connectivity index (χ1) is 30.5. The van der Waals surface area contributed by atoms with E-state index in [2.05, 4.69) is 243 Å². The smallest absolute Gasteiger partial charge is 0.0535 e.